The number of hydrogen-bond acceptors (Lipinski definition) is 9. The first-order chi connectivity index (χ1) is 67.5. The first kappa shape index (κ1) is 81.9. The molecule has 0 fully saturated rings. The Labute approximate surface area is 787 Å². The molecule has 12 heteroatoms. The van der Waals surface area contributed by atoms with Gasteiger partial charge in [0.2, 0.25) is 5.95 Å². The van der Waals surface area contributed by atoms with Crippen molar-refractivity contribution < 1.29 is 0 Å². The fraction of sp³-hybridized carbons (Fsp3) is 0. The Balaban J connectivity index is 0.000000115. The van der Waals surface area contributed by atoms with E-state index in [1.165, 1.54) is 60.2 Å². The van der Waals surface area contributed by atoms with E-state index in [0.29, 0.717) is 17.6 Å². The number of aromatic nitrogens is 9. The molecule has 25 aromatic rings. The van der Waals surface area contributed by atoms with Crippen molar-refractivity contribution in [3.63, 3.8) is 0 Å². The number of anilines is 9. The van der Waals surface area contributed by atoms with Gasteiger partial charge in [-0.15, -0.1) is 0 Å². The average Bonchev–Trinajstić information content (AvgIpc) is 1.59. The first-order valence-corrected chi connectivity index (χ1v) is 45.7. The smallest absolute Gasteiger partial charge is 0.238 e. The predicted octanol–water partition coefficient (Wildman–Crippen LogP) is 32.3. The lowest BCUT2D eigenvalue weighted by Gasteiger charge is -2.25. The SMILES string of the molecule is c1ccc(-c2nc(-c3ccccc3)nc(-n3c4ccccc4c4cc(-c5ccc(N(c6ccccc6)c6ccccc6)cc5)ccc43)n2)cc1.c1ccc(N(c2ccccc2)c2ccc(-c3ccc4c(c3)c3ccccc3n4-c3cc4ccccc4cn3)cc2)cc1.c1ccc(N(c2ccccc2)c2ccc(-c3ccc4c(c3)c3ccccc3n4-c3ccc(-c4ncccn4)cc3)cc2)cc1. The lowest BCUT2D eigenvalue weighted by Crippen LogP contribution is -2.09. The van der Waals surface area contributed by atoms with Crippen molar-refractivity contribution in [1.82, 2.24) is 43.6 Å². The Bertz CT molecular complexity index is 8350. The molecule has 0 aliphatic rings. The van der Waals surface area contributed by atoms with Crippen LogP contribution in [0.4, 0.5) is 51.2 Å². The molecule has 6 aromatic heterocycles. The van der Waals surface area contributed by atoms with E-state index in [2.05, 4.69) is 463 Å². The molecule has 12 nitrogen and oxygen atoms in total. The summed E-state index contributed by atoms with van der Waals surface area (Å²) in [5, 5.41) is 9.51. The molecule has 136 heavy (non-hydrogen) atoms. The molecule has 25 rings (SSSR count). The zero-order valence-corrected chi connectivity index (χ0v) is 74.0. The highest BCUT2D eigenvalue weighted by atomic mass is 15.2. The van der Waals surface area contributed by atoms with Crippen molar-refractivity contribution in [2.45, 2.75) is 0 Å². The van der Waals surface area contributed by atoms with Gasteiger partial charge < -0.3 is 19.3 Å². The Hall–Kier alpha value is -18.5. The molecular weight excluding hydrogens is 1660 g/mol. The summed E-state index contributed by atoms with van der Waals surface area (Å²) in [5.41, 5.74) is 27.9. The van der Waals surface area contributed by atoms with Crippen molar-refractivity contribution in [1.29, 1.82) is 0 Å². The maximum Gasteiger partial charge on any atom is 0.238 e. The molecule has 19 aromatic carbocycles. The second-order valence-corrected chi connectivity index (χ2v) is 33.4. The molecule has 0 saturated heterocycles. The minimum atomic E-state index is 0.586. The van der Waals surface area contributed by atoms with Crippen LogP contribution in [0.5, 0.6) is 0 Å². The van der Waals surface area contributed by atoms with Crippen LogP contribution in [0.1, 0.15) is 0 Å². The molecule has 0 unspecified atom stereocenters. The van der Waals surface area contributed by atoms with Crippen LogP contribution in [-0.4, -0.2) is 43.6 Å². The number of rotatable bonds is 18. The van der Waals surface area contributed by atoms with Crippen LogP contribution in [0.3, 0.4) is 0 Å². The van der Waals surface area contributed by atoms with Gasteiger partial charge in [0.25, 0.3) is 0 Å². The van der Waals surface area contributed by atoms with E-state index in [1.807, 2.05) is 85.1 Å². The maximum absolute atomic E-state index is 5.06. The van der Waals surface area contributed by atoms with Gasteiger partial charge in [0.15, 0.2) is 17.5 Å². The molecule has 0 saturated carbocycles. The Morgan fingerprint density at radius 1 is 0.169 bits per heavy atom. The fourth-order valence-electron chi connectivity index (χ4n) is 18.7. The summed E-state index contributed by atoms with van der Waals surface area (Å²) in [6.07, 6.45) is 5.52. The third-order valence-electron chi connectivity index (χ3n) is 25.2. The van der Waals surface area contributed by atoms with Gasteiger partial charge in [-0.05, 0) is 239 Å². The van der Waals surface area contributed by atoms with Crippen LogP contribution in [0.2, 0.25) is 0 Å². The summed E-state index contributed by atoms with van der Waals surface area (Å²) >= 11 is 0. The zero-order chi connectivity index (χ0) is 90.5. The summed E-state index contributed by atoms with van der Waals surface area (Å²) in [7, 11) is 0. The molecule has 0 radical (unpaired) electrons. The average molecular weight is 1740 g/mol. The first-order valence-electron chi connectivity index (χ1n) is 45.7. The van der Waals surface area contributed by atoms with Gasteiger partial charge in [-0.25, -0.2) is 19.9 Å². The molecule has 0 bridgehead atoms. The summed E-state index contributed by atoms with van der Waals surface area (Å²) in [4.78, 5) is 35.6. The molecule has 0 spiro atoms. The van der Waals surface area contributed by atoms with Gasteiger partial charge in [-0.1, -0.05) is 303 Å². The third-order valence-corrected chi connectivity index (χ3v) is 25.2. The Kier molecular flexibility index (Phi) is 22.2. The van der Waals surface area contributed by atoms with E-state index in [1.54, 1.807) is 12.4 Å². The Morgan fingerprint density at radius 2 is 0.449 bits per heavy atom. The molecule has 0 N–H and O–H groups in total. The second kappa shape index (κ2) is 36.8. The molecule has 0 amide bonds. The van der Waals surface area contributed by atoms with Gasteiger partial charge in [-0.3, -0.25) is 9.13 Å². The minimum Gasteiger partial charge on any atom is -0.311 e. The van der Waals surface area contributed by atoms with Gasteiger partial charge in [-0.2, -0.15) is 9.97 Å². The van der Waals surface area contributed by atoms with Crippen LogP contribution < -0.4 is 14.7 Å². The minimum absolute atomic E-state index is 0.586. The number of hydrogen-bond donors (Lipinski definition) is 0. The van der Waals surface area contributed by atoms with Crippen LogP contribution in [0.15, 0.2) is 522 Å². The number of fused-ring (bicyclic) bond motifs is 10. The largest absolute Gasteiger partial charge is 0.311 e. The molecule has 642 valence electrons. The zero-order valence-electron chi connectivity index (χ0n) is 74.0. The van der Waals surface area contributed by atoms with E-state index in [9.17, 15) is 0 Å². The van der Waals surface area contributed by atoms with E-state index in [-0.39, 0.29) is 0 Å². The van der Waals surface area contributed by atoms with Gasteiger partial charge in [0, 0.05) is 130 Å². The molecule has 6 heterocycles. The monoisotopic (exact) mass is 1740 g/mol. The van der Waals surface area contributed by atoms with Crippen molar-refractivity contribution >= 4 is 127 Å². The van der Waals surface area contributed by atoms with Crippen molar-refractivity contribution in [3.8, 4) is 85.0 Å². The Morgan fingerprint density at radius 3 is 0.831 bits per heavy atom. The van der Waals surface area contributed by atoms with Gasteiger partial charge in [0.05, 0.1) is 33.1 Å². The highest BCUT2D eigenvalue weighted by molar-refractivity contribution is 6.13. The van der Waals surface area contributed by atoms with E-state index < -0.39 is 0 Å². The molecule has 0 atom stereocenters. The summed E-state index contributed by atoms with van der Waals surface area (Å²) < 4.78 is 6.78. The summed E-state index contributed by atoms with van der Waals surface area (Å²) in [5.74, 6) is 3.52. The molecule has 0 aliphatic heterocycles. The van der Waals surface area contributed by atoms with E-state index in [4.69, 9.17) is 19.9 Å². The lowest BCUT2D eigenvalue weighted by atomic mass is 10.0. The number of benzene rings is 19. The van der Waals surface area contributed by atoms with Crippen LogP contribution in [0, 0.1) is 0 Å². The predicted molar refractivity (Wildman–Crippen MR) is 563 cm³/mol. The van der Waals surface area contributed by atoms with Crippen LogP contribution >= 0.6 is 0 Å². The van der Waals surface area contributed by atoms with Gasteiger partial charge >= 0.3 is 0 Å². The summed E-state index contributed by atoms with van der Waals surface area (Å²) in [6.45, 7) is 0. The summed E-state index contributed by atoms with van der Waals surface area (Å²) in [6, 6.07) is 177. The third kappa shape index (κ3) is 16.2. The van der Waals surface area contributed by atoms with Crippen molar-refractivity contribution in [3.05, 3.63) is 522 Å². The quantitative estimate of drug-likeness (QED) is 0.0831. The fourth-order valence-corrected chi connectivity index (χ4v) is 18.7. The maximum atomic E-state index is 5.06. The molecule has 0 aliphatic carbocycles. The second-order valence-electron chi connectivity index (χ2n) is 33.4. The van der Waals surface area contributed by atoms with E-state index >= 15 is 0 Å². The van der Waals surface area contributed by atoms with Crippen LogP contribution in [-0.2, 0) is 0 Å². The number of nitrogens with zero attached hydrogens (tertiary/aromatic N) is 12. The normalized spacial score (nSPS) is 11.2. The standard InChI is InChI=1S/C45H31N5.C40H28N4.C39H27N3/c1-5-15-33(16-6-1)43-46-44(34-17-7-2-8-18-34)48-45(47-43)50-41-24-14-13-23-39(41)40-31-35(27-30-42(40)50)32-25-28-38(29-26-32)49(36-19-9-3-10-20-36)37-21-11-4-12-22-37;1-3-10-32(11-4-1)43(33-12-5-2-6-13-33)34-21-16-29(17-22-34)31-20-25-39-37(28-31)36-14-7-8-15-38(36)44(39)35-23-18-30(19-24-35)40-41-26-9-27-42-40;1-3-13-32(14-4-1)41(33-15-5-2-6-16-33)34-22-19-28(20-23-34)30-21-24-38-36(25-30)35-17-9-10-18-37(35)42(38)39-26-29-11-7-8-12-31(29)27-40-39/h1-31H;1-28H;1-27H. The van der Waals surface area contributed by atoms with E-state index in [0.717, 1.165) is 135 Å². The van der Waals surface area contributed by atoms with Crippen LogP contribution in [0.25, 0.3) is 161 Å². The van der Waals surface area contributed by atoms with Gasteiger partial charge in [0.1, 0.15) is 5.82 Å². The highest BCUT2D eigenvalue weighted by Gasteiger charge is 2.24. The van der Waals surface area contributed by atoms with Crippen molar-refractivity contribution in [2.75, 3.05) is 14.7 Å². The topological polar surface area (TPSA) is 102 Å². The lowest BCUT2D eigenvalue weighted by molar-refractivity contribution is 0.953. The number of para-hydroxylation sites is 9. The number of pyridine rings is 1. The highest BCUT2D eigenvalue weighted by Crippen LogP contribution is 2.44. The van der Waals surface area contributed by atoms with Crippen molar-refractivity contribution in [2.24, 2.45) is 0 Å². The molecular formula is C124H86N12.